The van der Waals surface area contributed by atoms with Crippen molar-refractivity contribution in [3.05, 3.63) is 75.8 Å². The van der Waals surface area contributed by atoms with Gasteiger partial charge in [0, 0.05) is 17.3 Å². The number of rotatable bonds is 5. The van der Waals surface area contributed by atoms with Crippen LogP contribution in [0.1, 0.15) is 36.8 Å². The molecule has 160 valence electrons. The van der Waals surface area contributed by atoms with Crippen molar-refractivity contribution in [2.75, 3.05) is 5.32 Å². The molecule has 1 aliphatic carbocycles. The van der Waals surface area contributed by atoms with Crippen molar-refractivity contribution in [2.45, 2.75) is 38.3 Å². The van der Waals surface area contributed by atoms with Crippen LogP contribution >= 0.6 is 0 Å². The first kappa shape index (κ1) is 21.3. The third-order valence-electron chi connectivity index (χ3n) is 6.13. The maximum Gasteiger partial charge on any atom is 0.271 e. The van der Waals surface area contributed by atoms with E-state index in [2.05, 4.69) is 17.3 Å². The van der Waals surface area contributed by atoms with Crippen molar-refractivity contribution in [1.29, 1.82) is 5.26 Å². The van der Waals surface area contributed by atoms with E-state index in [4.69, 9.17) is 6.42 Å². The number of hydrogen-bond acceptors (Lipinski definition) is 4. The summed E-state index contributed by atoms with van der Waals surface area (Å²) >= 11 is 0. The highest BCUT2D eigenvalue weighted by atomic mass is 19.1. The standard InChI is InChI=1S/C26H22FN3O2/c1-2-24(31)18-9-13-20(14-10-18)29-25-21-5-3-4-6-23(21)30(26(32)22(25)15-28)16-17-7-11-19(27)12-8-17/h1,3-8,11-12,18,20,29H,9-10,13-14,16H2. The fourth-order valence-electron chi connectivity index (χ4n) is 4.41. The molecule has 5 nitrogen and oxygen atoms in total. The largest absolute Gasteiger partial charge is 0.381 e. The SMILES string of the molecule is C#CC(=O)C1CCC(Nc2c(C#N)c(=O)n(Cc3ccc(F)cc3)c3ccccc23)CC1. The number of ketones is 1. The number of terminal acetylenes is 1. The van der Waals surface area contributed by atoms with Gasteiger partial charge in [-0.2, -0.15) is 5.26 Å². The second-order valence-electron chi connectivity index (χ2n) is 8.10. The van der Waals surface area contributed by atoms with Gasteiger partial charge in [0.15, 0.2) is 0 Å². The summed E-state index contributed by atoms with van der Waals surface area (Å²) in [6.07, 6.45) is 8.08. The molecule has 32 heavy (non-hydrogen) atoms. The molecule has 1 N–H and O–H groups in total. The lowest BCUT2D eigenvalue weighted by atomic mass is 9.83. The van der Waals surface area contributed by atoms with Gasteiger partial charge in [-0.15, -0.1) is 6.42 Å². The molecule has 0 spiro atoms. The Morgan fingerprint density at radius 1 is 1.12 bits per heavy atom. The Morgan fingerprint density at radius 3 is 2.47 bits per heavy atom. The van der Waals surface area contributed by atoms with E-state index in [1.165, 1.54) is 12.1 Å². The van der Waals surface area contributed by atoms with Crippen LogP contribution in [0, 0.1) is 35.4 Å². The van der Waals surface area contributed by atoms with Crippen molar-refractivity contribution in [3.63, 3.8) is 0 Å². The Bertz CT molecular complexity index is 1300. The molecule has 0 amide bonds. The second-order valence-corrected chi connectivity index (χ2v) is 8.10. The molecule has 4 rings (SSSR count). The van der Waals surface area contributed by atoms with Crippen molar-refractivity contribution in [3.8, 4) is 18.4 Å². The summed E-state index contributed by atoms with van der Waals surface area (Å²) in [7, 11) is 0. The summed E-state index contributed by atoms with van der Waals surface area (Å²) in [5.41, 5.74) is 1.64. The second kappa shape index (κ2) is 9.08. The molecule has 3 aromatic rings. The highest BCUT2D eigenvalue weighted by Gasteiger charge is 2.27. The molecule has 1 aromatic heterocycles. The highest BCUT2D eigenvalue weighted by molar-refractivity contribution is 5.97. The van der Waals surface area contributed by atoms with Gasteiger partial charge in [-0.1, -0.05) is 30.3 Å². The third kappa shape index (κ3) is 4.13. The van der Waals surface area contributed by atoms with Gasteiger partial charge in [0.25, 0.3) is 5.56 Å². The van der Waals surface area contributed by atoms with Gasteiger partial charge in [-0.25, -0.2) is 4.39 Å². The lowest BCUT2D eigenvalue weighted by Gasteiger charge is -2.29. The number of nitriles is 1. The zero-order valence-corrected chi connectivity index (χ0v) is 17.5. The number of Topliss-reactive ketones (excluding diaryl/α,β-unsaturated/α-hetero) is 1. The summed E-state index contributed by atoms with van der Waals surface area (Å²) in [5.74, 6) is 1.59. The first-order valence-electron chi connectivity index (χ1n) is 10.6. The Morgan fingerprint density at radius 2 is 1.81 bits per heavy atom. The number of halogens is 1. The maximum absolute atomic E-state index is 13.3. The van der Waals surface area contributed by atoms with Gasteiger partial charge in [-0.3, -0.25) is 9.59 Å². The Labute approximate surface area is 185 Å². The average molecular weight is 427 g/mol. The van der Waals surface area contributed by atoms with E-state index in [9.17, 15) is 19.2 Å². The zero-order valence-electron chi connectivity index (χ0n) is 17.5. The van der Waals surface area contributed by atoms with E-state index in [0.29, 0.717) is 24.0 Å². The zero-order chi connectivity index (χ0) is 22.7. The predicted octanol–water partition coefficient (Wildman–Crippen LogP) is 4.23. The van der Waals surface area contributed by atoms with E-state index < -0.39 is 5.56 Å². The molecule has 0 radical (unpaired) electrons. The monoisotopic (exact) mass is 427 g/mol. The fraction of sp³-hybridized carbons (Fsp3) is 0.269. The van der Waals surface area contributed by atoms with Crippen LogP contribution in [-0.2, 0) is 11.3 Å². The van der Waals surface area contributed by atoms with Crippen LogP contribution in [0.4, 0.5) is 10.1 Å². The van der Waals surface area contributed by atoms with Gasteiger partial charge in [0.05, 0.1) is 17.7 Å². The number of benzene rings is 2. The molecule has 0 aliphatic heterocycles. The summed E-state index contributed by atoms with van der Waals surface area (Å²) in [4.78, 5) is 25.1. The molecule has 6 heteroatoms. The van der Waals surface area contributed by atoms with Crippen LogP contribution in [0.3, 0.4) is 0 Å². The van der Waals surface area contributed by atoms with Crippen LogP contribution in [-0.4, -0.2) is 16.4 Å². The molecule has 1 aliphatic rings. The topological polar surface area (TPSA) is 74.9 Å². The molecule has 0 bridgehead atoms. The minimum Gasteiger partial charge on any atom is -0.381 e. The number of nitrogens with zero attached hydrogens (tertiary/aromatic N) is 2. The molecule has 0 atom stereocenters. The molecular weight excluding hydrogens is 405 g/mol. The Hall–Kier alpha value is -3.90. The fourth-order valence-corrected chi connectivity index (χ4v) is 4.41. The van der Waals surface area contributed by atoms with Crippen LogP contribution in [0.15, 0.2) is 53.3 Å². The predicted molar refractivity (Wildman–Crippen MR) is 122 cm³/mol. The van der Waals surface area contributed by atoms with Crippen LogP contribution < -0.4 is 10.9 Å². The minimum atomic E-state index is -0.394. The van der Waals surface area contributed by atoms with E-state index in [0.717, 1.165) is 23.8 Å². The van der Waals surface area contributed by atoms with Crippen molar-refractivity contribution >= 4 is 22.4 Å². The van der Waals surface area contributed by atoms with Gasteiger partial charge in [0.2, 0.25) is 5.78 Å². The first-order valence-corrected chi connectivity index (χ1v) is 10.6. The lowest BCUT2D eigenvalue weighted by molar-refractivity contribution is -0.118. The molecule has 0 unspecified atom stereocenters. The number of aromatic nitrogens is 1. The number of carbonyl (C=O) groups is 1. The number of fused-ring (bicyclic) bond motifs is 1. The number of anilines is 1. The minimum absolute atomic E-state index is 0.0414. The van der Waals surface area contributed by atoms with Crippen molar-refractivity contribution in [2.24, 2.45) is 5.92 Å². The molecule has 2 aromatic carbocycles. The third-order valence-corrected chi connectivity index (χ3v) is 6.13. The highest BCUT2D eigenvalue weighted by Crippen LogP contribution is 2.31. The van der Waals surface area contributed by atoms with E-state index in [-0.39, 0.29) is 35.7 Å². The molecule has 0 saturated heterocycles. The number of nitrogens with one attached hydrogen (secondary N) is 1. The molecular formula is C26H22FN3O2. The maximum atomic E-state index is 13.3. The van der Waals surface area contributed by atoms with Crippen molar-refractivity contribution in [1.82, 2.24) is 4.57 Å². The van der Waals surface area contributed by atoms with Crippen LogP contribution in [0.2, 0.25) is 0 Å². The van der Waals surface area contributed by atoms with E-state index in [1.807, 2.05) is 24.3 Å². The Kier molecular flexibility index (Phi) is 6.05. The average Bonchev–Trinajstić information content (AvgIpc) is 2.83. The van der Waals surface area contributed by atoms with Gasteiger partial charge >= 0.3 is 0 Å². The first-order chi connectivity index (χ1) is 15.5. The van der Waals surface area contributed by atoms with Gasteiger partial charge in [-0.05, 0) is 55.4 Å². The van der Waals surface area contributed by atoms with Crippen LogP contribution in [0.25, 0.3) is 10.9 Å². The van der Waals surface area contributed by atoms with Gasteiger partial charge in [0.1, 0.15) is 17.4 Å². The normalized spacial score (nSPS) is 18.0. The number of carbonyl (C=O) groups excluding carboxylic acids is 1. The molecule has 1 fully saturated rings. The van der Waals surface area contributed by atoms with Gasteiger partial charge < -0.3 is 9.88 Å². The summed E-state index contributed by atoms with van der Waals surface area (Å²) in [6, 6.07) is 15.5. The van der Waals surface area contributed by atoms with E-state index in [1.54, 1.807) is 16.7 Å². The summed E-state index contributed by atoms with van der Waals surface area (Å²) < 4.78 is 14.8. The summed E-state index contributed by atoms with van der Waals surface area (Å²) in [6.45, 7) is 0.230. The van der Waals surface area contributed by atoms with Crippen molar-refractivity contribution < 1.29 is 9.18 Å². The molecule has 1 heterocycles. The number of pyridine rings is 1. The quantitative estimate of drug-likeness (QED) is 0.488. The van der Waals surface area contributed by atoms with E-state index >= 15 is 0 Å². The summed E-state index contributed by atoms with van der Waals surface area (Å²) in [5, 5.41) is 14.0. The van der Waals surface area contributed by atoms with Crippen LogP contribution in [0.5, 0.6) is 0 Å². The lowest BCUT2D eigenvalue weighted by Crippen LogP contribution is -2.31. The number of hydrogen-bond donors (Lipinski definition) is 1. The number of para-hydroxylation sites is 1. The Balaban J connectivity index is 1.71. The smallest absolute Gasteiger partial charge is 0.271 e. The molecule has 1 saturated carbocycles.